The number of nitrogens with zero attached hydrogens (tertiary/aromatic N) is 5. The number of benzene rings is 5. The van der Waals surface area contributed by atoms with Gasteiger partial charge in [0.1, 0.15) is 23.8 Å². The highest BCUT2D eigenvalue weighted by Gasteiger charge is 2.40. The summed E-state index contributed by atoms with van der Waals surface area (Å²) in [5.41, 5.74) is 13.1. The van der Waals surface area contributed by atoms with Crippen LogP contribution in [0.25, 0.3) is 34.0 Å². The van der Waals surface area contributed by atoms with E-state index in [2.05, 4.69) is 156 Å². The number of anilines is 2. The van der Waals surface area contributed by atoms with Gasteiger partial charge in [0.15, 0.2) is 0 Å². The number of dihydropyridines is 1. The summed E-state index contributed by atoms with van der Waals surface area (Å²) in [5, 5.41) is 25.2. The number of hydrogen-bond donors (Lipinski definition) is 1. The molecule has 2 heterocycles. The van der Waals surface area contributed by atoms with E-state index in [1.54, 1.807) is 0 Å². The van der Waals surface area contributed by atoms with Gasteiger partial charge in [-0.3, -0.25) is 4.90 Å². The maximum atomic E-state index is 10.7. The van der Waals surface area contributed by atoms with E-state index < -0.39 is 0 Å². The van der Waals surface area contributed by atoms with Crippen molar-refractivity contribution in [1.82, 2.24) is 5.32 Å². The summed E-state index contributed by atoms with van der Waals surface area (Å²) in [6.07, 6.45) is 24.0. The average molecular weight is 777 g/mol. The monoisotopic (exact) mass is 776 g/mol. The summed E-state index contributed by atoms with van der Waals surface area (Å²) in [6.45, 7) is 4.33. The molecule has 5 aromatic carbocycles. The molecule has 2 aliphatic heterocycles. The minimum Gasteiger partial charge on any atom is -0.366 e. The summed E-state index contributed by atoms with van der Waals surface area (Å²) in [4.78, 5) is 9.59. The molecule has 0 fully saturated rings. The third-order valence-corrected chi connectivity index (χ3v) is 12.4. The molecule has 0 radical (unpaired) electrons. The zero-order valence-corrected chi connectivity index (χ0v) is 33.7. The Morgan fingerprint density at radius 1 is 0.683 bits per heavy atom. The molecule has 0 saturated carbocycles. The van der Waals surface area contributed by atoms with E-state index in [9.17, 15) is 10.5 Å². The molecule has 10 rings (SSSR count). The number of aliphatic imine (C=N–C) groups is 1. The predicted molar refractivity (Wildman–Crippen MR) is 245 cm³/mol. The molecule has 6 heteroatoms. The van der Waals surface area contributed by atoms with Crippen LogP contribution in [-0.2, 0) is 0 Å². The molecule has 5 unspecified atom stereocenters. The molecule has 60 heavy (non-hydrogen) atoms. The van der Waals surface area contributed by atoms with Crippen LogP contribution < -0.4 is 15.1 Å². The molecule has 0 saturated heterocycles. The Bertz CT molecular complexity index is 2820. The van der Waals surface area contributed by atoms with Crippen LogP contribution in [-0.4, -0.2) is 18.3 Å². The van der Waals surface area contributed by atoms with Crippen molar-refractivity contribution in [3.8, 4) is 34.4 Å². The summed E-state index contributed by atoms with van der Waals surface area (Å²) < 4.78 is 0. The second-order valence-electron chi connectivity index (χ2n) is 16.3. The van der Waals surface area contributed by atoms with Gasteiger partial charge in [0.25, 0.3) is 0 Å². The van der Waals surface area contributed by atoms with Crippen LogP contribution in [0.3, 0.4) is 0 Å². The van der Waals surface area contributed by atoms with E-state index in [1.807, 2.05) is 54.7 Å². The fraction of sp³-hybridized carbons (Fsp3) is 0.167. The Morgan fingerprint density at radius 3 is 2.05 bits per heavy atom. The molecule has 5 aliphatic rings. The lowest BCUT2D eigenvalue weighted by atomic mass is 9.69. The van der Waals surface area contributed by atoms with Gasteiger partial charge >= 0.3 is 0 Å². The van der Waals surface area contributed by atoms with Crippen LogP contribution in [0.15, 0.2) is 174 Å². The van der Waals surface area contributed by atoms with Crippen molar-refractivity contribution < 1.29 is 0 Å². The molecule has 0 aromatic heterocycles. The zero-order valence-electron chi connectivity index (χ0n) is 33.7. The second kappa shape index (κ2) is 15.4. The summed E-state index contributed by atoms with van der Waals surface area (Å²) >= 11 is 0. The summed E-state index contributed by atoms with van der Waals surface area (Å²) in [7, 11) is 0. The molecule has 0 spiro atoms. The molecule has 5 atom stereocenters. The van der Waals surface area contributed by atoms with Crippen LogP contribution in [0, 0.1) is 28.6 Å². The molecular weight excluding hydrogens is 733 g/mol. The standard InChI is InChI=1S/C54H44N6/c1-35-16-29-51(57-34-35)59(47-25-21-41(30-43(47)32-55)37-11-5-3-6-12-37)49-27-19-39-18-24-46-50(28-20-40-17-23-45(49)53(39)54(40)46)60(52-15-9-10-36(2)58-52)48-26-22-42(31-44(48)33-56)38-13-7-4-8-14-38/h3-15,17-18,20-31,34-36,39,46,50,58H,16,19H2,1-2H3. The van der Waals surface area contributed by atoms with Crippen molar-refractivity contribution in [2.24, 2.45) is 10.9 Å². The SMILES string of the molecule is CC1C=NC(N(C2=CCC3C=CC4c5c(ccc2c53)C=CC4N(C2=CC=CC(C)N2)c2ccc(-c3ccccc3)cc2C#N)c2ccc(-c3ccccc3)cc2C#N)=CC1. The molecular formula is C54H44N6. The first kappa shape index (κ1) is 36.9. The first-order valence-corrected chi connectivity index (χ1v) is 20.9. The van der Waals surface area contributed by atoms with Crippen molar-refractivity contribution >= 4 is 29.4 Å². The average Bonchev–Trinajstić information content (AvgIpc) is 3.30. The van der Waals surface area contributed by atoms with E-state index in [1.165, 1.54) is 16.7 Å². The quantitative estimate of drug-likeness (QED) is 0.159. The number of hydrogen-bond acceptors (Lipinski definition) is 6. The van der Waals surface area contributed by atoms with Gasteiger partial charge in [0, 0.05) is 29.7 Å². The molecule has 6 nitrogen and oxygen atoms in total. The van der Waals surface area contributed by atoms with Gasteiger partial charge in [-0.25, -0.2) is 4.99 Å². The number of nitrogens with one attached hydrogen (secondary N) is 1. The lowest BCUT2D eigenvalue weighted by molar-refractivity contribution is 0.594. The molecule has 1 N–H and O–H groups in total. The Hall–Kier alpha value is -7.41. The van der Waals surface area contributed by atoms with E-state index >= 15 is 0 Å². The third-order valence-electron chi connectivity index (χ3n) is 12.4. The van der Waals surface area contributed by atoms with Crippen molar-refractivity contribution in [2.75, 3.05) is 9.80 Å². The first-order chi connectivity index (χ1) is 29.5. The maximum Gasteiger partial charge on any atom is 0.133 e. The second-order valence-corrected chi connectivity index (χ2v) is 16.3. The maximum absolute atomic E-state index is 10.7. The fourth-order valence-electron chi connectivity index (χ4n) is 9.50. The smallest absolute Gasteiger partial charge is 0.133 e. The topological polar surface area (TPSA) is 78.4 Å². The van der Waals surface area contributed by atoms with Crippen LogP contribution in [0.5, 0.6) is 0 Å². The van der Waals surface area contributed by atoms with E-state index in [-0.39, 0.29) is 23.9 Å². The van der Waals surface area contributed by atoms with Crippen LogP contribution in [0.2, 0.25) is 0 Å². The number of rotatable bonds is 8. The zero-order chi connectivity index (χ0) is 40.7. The van der Waals surface area contributed by atoms with Gasteiger partial charge < -0.3 is 10.2 Å². The van der Waals surface area contributed by atoms with Gasteiger partial charge in [-0.05, 0) is 101 Å². The Kier molecular flexibility index (Phi) is 9.47. The first-order valence-electron chi connectivity index (χ1n) is 20.9. The molecule has 0 amide bonds. The van der Waals surface area contributed by atoms with Crippen molar-refractivity contribution in [3.63, 3.8) is 0 Å². The van der Waals surface area contributed by atoms with E-state index in [4.69, 9.17) is 4.99 Å². The molecule has 290 valence electrons. The summed E-state index contributed by atoms with van der Waals surface area (Å²) in [6, 6.07) is 42.6. The van der Waals surface area contributed by atoms with Crippen LogP contribution in [0.4, 0.5) is 11.4 Å². The van der Waals surface area contributed by atoms with E-state index in [0.717, 1.165) is 69.4 Å². The number of allylic oxidation sites excluding steroid dienone is 5. The van der Waals surface area contributed by atoms with Crippen LogP contribution in [0.1, 0.15) is 71.9 Å². The highest BCUT2D eigenvalue weighted by molar-refractivity contribution is 5.91. The van der Waals surface area contributed by atoms with Gasteiger partial charge in [0.05, 0.1) is 34.2 Å². The van der Waals surface area contributed by atoms with Crippen molar-refractivity contribution in [3.05, 3.63) is 203 Å². The molecule has 0 bridgehead atoms. The lowest BCUT2D eigenvalue weighted by Crippen LogP contribution is -2.46. The fourth-order valence-corrected chi connectivity index (χ4v) is 9.50. The molecule has 5 aromatic rings. The Balaban J connectivity index is 1.10. The van der Waals surface area contributed by atoms with Crippen LogP contribution >= 0.6 is 0 Å². The van der Waals surface area contributed by atoms with Crippen molar-refractivity contribution in [2.45, 2.75) is 50.6 Å². The summed E-state index contributed by atoms with van der Waals surface area (Å²) in [5.74, 6) is 2.33. The highest BCUT2D eigenvalue weighted by atomic mass is 15.3. The Labute approximate surface area is 352 Å². The lowest BCUT2D eigenvalue weighted by Gasteiger charge is -2.45. The van der Waals surface area contributed by atoms with Gasteiger partial charge in [-0.1, -0.05) is 134 Å². The third kappa shape index (κ3) is 6.48. The Morgan fingerprint density at radius 2 is 1.38 bits per heavy atom. The highest BCUT2D eigenvalue weighted by Crippen LogP contribution is 2.51. The van der Waals surface area contributed by atoms with Gasteiger partial charge in [-0.2, -0.15) is 10.5 Å². The van der Waals surface area contributed by atoms with Gasteiger partial charge in [-0.15, -0.1) is 0 Å². The molecule has 3 aliphatic carbocycles. The minimum absolute atomic E-state index is 0.000784. The normalized spacial score (nSPS) is 21.7. The van der Waals surface area contributed by atoms with Gasteiger partial charge in [0.2, 0.25) is 0 Å². The number of nitriles is 2. The van der Waals surface area contributed by atoms with E-state index in [0.29, 0.717) is 17.0 Å². The van der Waals surface area contributed by atoms with Crippen molar-refractivity contribution in [1.29, 1.82) is 10.5 Å². The predicted octanol–water partition coefficient (Wildman–Crippen LogP) is 12.0. The largest absolute Gasteiger partial charge is 0.366 e. The minimum atomic E-state index is -0.123.